The van der Waals surface area contributed by atoms with Crippen LogP contribution in [0, 0.1) is 0 Å². The van der Waals surface area contributed by atoms with Crippen molar-refractivity contribution in [3.8, 4) is 0 Å². The molecule has 0 unspecified atom stereocenters. The minimum Gasteiger partial charge on any atom is -0.361 e. The van der Waals surface area contributed by atoms with Crippen LogP contribution >= 0.6 is 0 Å². The molecular formula is C22H21N5O2. The monoisotopic (exact) mass is 387 g/mol. The molecule has 4 aromatic rings. The summed E-state index contributed by atoms with van der Waals surface area (Å²) in [5.74, 6) is -0.395. The Labute approximate surface area is 167 Å². The number of aromatic amines is 1. The summed E-state index contributed by atoms with van der Waals surface area (Å²) >= 11 is 0. The number of rotatable bonds is 6. The first-order valence-corrected chi connectivity index (χ1v) is 9.32. The average molecular weight is 387 g/mol. The van der Waals surface area contributed by atoms with Crippen molar-refractivity contribution in [2.24, 2.45) is 7.05 Å². The van der Waals surface area contributed by atoms with Gasteiger partial charge in [-0.15, -0.1) is 0 Å². The number of nitrogens with one attached hydrogen (secondary N) is 2. The number of H-pyrrole nitrogens is 1. The number of nitrogens with zero attached hydrogens (tertiary/aromatic N) is 3. The predicted molar refractivity (Wildman–Crippen MR) is 110 cm³/mol. The maximum atomic E-state index is 12.9. The third kappa shape index (κ3) is 3.94. The summed E-state index contributed by atoms with van der Waals surface area (Å²) in [5.41, 5.74) is 4.33. The molecule has 0 fully saturated rings. The number of ketones is 1. The number of Topliss-reactive ketones (excluding diaryl/α,β-unsaturated/α-hetero) is 1. The number of hydrogen-bond acceptors (Lipinski definition) is 4. The first-order valence-electron chi connectivity index (χ1n) is 9.32. The summed E-state index contributed by atoms with van der Waals surface area (Å²) in [5, 5.41) is 7.79. The van der Waals surface area contributed by atoms with E-state index in [1.54, 1.807) is 30.1 Å². The molecule has 1 amide bonds. The first kappa shape index (κ1) is 18.6. The van der Waals surface area contributed by atoms with E-state index in [9.17, 15) is 9.59 Å². The zero-order valence-corrected chi connectivity index (χ0v) is 16.3. The fraction of sp³-hybridized carbons (Fsp3) is 0.182. The lowest BCUT2D eigenvalue weighted by Crippen LogP contribution is -2.21. The van der Waals surface area contributed by atoms with Gasteiger partial charge in [0.2, 0.25) is 0 Å². The third-order valence-corrected chi connectivity index (χ3v) is 4.84. The number of carbonyl (C=O) groups is 2. The van der Waals surface area contributed by atoms with Crippen molar-refractivity contribution in [3.63, 3.8) is 0 Å². The van der Waals surface area contributed by atoms with E-state index in [1.807, 2.05) is 43.7 Å². The molecule has 0 radical (unpaired) electrons. The summed E-state index contributed by atoms with van der Waals surface area (Å²) in [6.45, 7) is 0. The summed E-state index contributed by atoms with van der Waals surface area (Å²) in [7, 11) is 3.36. The van der Waals surface area contributed by atoms with E-state index in [0.29, 0.717) is 17.7 Å². The van der Waals surface area contributed by atoms with Crippen LogP contribution in [0.1, 0.15) is 37.7 Å². The standard InChI is InChI=1S/C22H21N5O2/c1-23-22(29)20-11-16(21(28)8-14-12-25-27(2)13-14)10-17(26-20)9-15-4-3-5-19-18(15)6-7-24-19/h3-7,10-13,24H,8-9H2,1-2H3,(H,23,29). The van der Waals surface area contributed by atoms with Crippen LogP contribution in [0.25, 0.3) is 10.9 Å². The molecule has 7 nitrogen and oxygen atoms in total. The average Bonchev–Trinajstić information content (AvgIpc) is 3.36. The zero-order valence-electron chi connectivity index (χ0n) is 16.3. The number of fused-ring (bicyclic) bond motifs is 1. The molecule has 0 aliphatic rings. The van der Waals surface area contributed by atoms with E-state index in [0.717, 1.165) is 22.0 Å². The molecule has 0 aliphatic heterocycles. The Morgan fingerprint density at radius 1 is 1.21 bits per heavy atom. The number of benzene rings is 1. The minimum absolute atomic E-state index is 0.0772. The van der Waals surface area contributed by atoms with E-state index in [1.165, 1.54) is 0 Å². The van der Waals surface area contributed by atoms with Gasteiger partial charge in [0, 0.05) is 61.5 Å². The Kier molecular flexibility index (Phi) is 4.95. The van der Waals surface area contributed by atoms with Gasteiger partial charge in [-0.2, -0.15) is 5.10 Å². The number of pyridine rings is 1. The van der Waals surface area contributed by atoms with E-state index >= 15 is 0 Å². The van der Waals surface area contributed by atoms with E-state index in [2.05, 4.69) is 20.4 Å². The molecule has 0 bridgehead atoms. The van der Waals surface area contributed by atoms with Crippen LogP contribution in [0.5, 0.6) is 0 Å². The summed E-state index contributed by atoms with van der Waals surface area (Å²) < 4.78 is 1.66. The highest BCUT2D eigenvalue weighted by Gasteiger charge is 2.16. The van der Waals surface area contributed by atoms with Gasteiger partial charge >= 0.3 is 0 Å². The third-order valence-electron chi connectivity index (χ3n) is 4.84. The molecule has 3 heterocycles. The molecule has 0 saturated heterocycles. The number of hydrogen-bond donors (Lipinski definition) is 2. The highest BCUT2D eigenvalue weighted by Crippen LogP contribution is 2.21. The van der Waals surface area contributed by atoms with Gasteiger partial charge in [0.1, 0.15) is 5.69 Å². The molecule has 4 rings (SSSR count). The van der Waals surface area contributed by atoms with Crippen molar-refractivity contribution in [1.29, 1.82) is 0 Å². The molecular weight excluding hydrogens is 366 g/mol. The van der Waals surface area contributed by atoms with Gasteiger partial charge < -0.3 is 10.3 Å². The second-order valence-corrected chi connectivity index (χ2v) is 6.97. The molecule has 146 valence electrons. The van der Waals surface area contributed by atoms with Crippen LogP contribution in [-0.4, -0.2) is 38.5 Å². The summed E-state index contributed by atoms with van der Waals surface area (Å²) in [6, 6.07) is 11.4. The van der Waals surface area contributed by atoms with Crippen LogP contribution in [0.3, 0.4) is 0 Å². The van der Waals surface area contributed by atoms with Crippen molar-refractivity contribution in [1.82, 2.24) is 25.1 Å². The highest BCUT2D eigenvalue weighted by atomic mass is 16.1. The number of carbonyl (C=O) groups excluding carboxylic acids is 2. The van der Waals surface area contributed by atoms with Crippen molar-refractivity contribution in [2.45, 2.75) is 12.8 Å². The molecule has 0 aliphatic carbocycles. The zero-order chi connectivity index (χ0) is 20.4. The molecule has 0 spiro atoms. The topological polar surface area (TPSA) is 92.7 Å². The van der Waals surface area contributed by atoms with Gasteiger partial charge in [0.25, 0.3) is 5.91 Å². The molecule has 0 saturated carbocycles. The lowest BCUT2D eigenvalue weighted by Gasteiger charge is -2.09. The van der Waals surface area contributed by atoms with Gasteiger partial charge in [0.05, 0.1) is 6.20 Å². The minimum atomic E-state index is -0.317. The SMILES string of the molecule is CNC(=O)c1cc(C(=O)Cc2cnn(C)c2)cc(Cc2cccc3[nH]ccc23)n1. The Morgan fingerprint density at radius 3 is 2.83 bits per heavy atom. The smallest absolute Gasteiger partial charge is 0.269 e. The molecule has 3 aromatic heterocycles. The molecule has 7 heteroatoms. The van der Waals surface area contributed by atoms with Gasteiger partial charge in [0.15, 0.2) is 5.78 Å². The maximum absolute atomic E-state index is 12.9. The Morgan fingerprint density at radius 2 is 2.07 bits per heavy atom. The predicted octanol–water partition coefficient (Wildman–Crippen LogP) is 2.67. The first-order chi connectivity index (χ1) is 14.0. The number of amides is 1. The van der Waals surface area contributed by atoms with Gasteiger partial charge in [-0.25, -0.2) is 4.98 Å². The van der Waals surface area contributed by atoms with Crippen molar-refractivity contribution < 1.29 is 9.59 Å². The largest absolute Gasteiger partial charge is 0.361 e. The van der Waals surface area contributed by atoms with Crippen LogP contribution in [0.2, 0.25) is 0 Å². The highest BCUT2D eigenvalue weighted by molar-refractivity contribution is 6.00. The van der Waals surface area contributed by atoms with Gasteiger partial charge in [-0.05, 0) is 35.4 Å². The molecule has 29 heavy (non-hydrogen) atoms. The fourth-order valence-corrected chi connectivity index (χ4v) is 3.43. The normalized spacial score (nSPS) is 11.0. The van der Waals surface area contributed by atoms with Gasteiger partial charge in [-0.1, -0.05) is 12.1 Å². The Bertz CT molecular complexity index is 1200. The van der Waals surface area contributed by atoms with E-state index in [4.69, 9.17) is 0 Å². The lowest BCUT2D eigenvalue weighted by atomic mass is 10.0. The van der Waals surface area contributed by atoms with E-state index < -0.39 is 0 Å². The van der Waals surface area contributed by atoms with Crippen molar-refractivity contribution in [3.05, 3.63) is 83.1 Å². The van der Waals surface area contributed by atoms with Crippen molar-refractivity contribution in [2.75, 3.05) is 7.05 Å². The molecule has 1 aromatic carbocycles. The summed E-state index contributed by atoms with van der Waals surface area (Å²) in [6.07, 6.45) is 6.12. The van der Waals surface area contributed by atoms with Crippen LogP contribution < -0.4 is 5.32 Å². The summed E-state index contributed by atoms with van der Waals surface area (Å²) in [4.78, 5) is 32.8. The molecule has 2 N–H and O–H groups in total. The molecule has 0 atom stereocenters. The Hall–Kier alpha value is -3.74. The van der Waals surface area contributed by atoms with Crippen LogP contribution in [0.15, 0.2) is 55.0 Å². The maximum Gasteiger partial charge on any atom is 0.269 e. The van der Waals surface area contributed by atoms with Crippen LogP contribution in [0.4, 0.5) is 0 Å². The fourth-order valence-electron chi connectivity index (χ4n) is 3.43. The quantitative estimate of drug-likeness (QED) is 0.498. The van der Waals surface area contributed by atoms with Crippen LogP contribution in [-0.2, 0) is 19.9 Å². The van der Waals surface area contributed by atoms with E-state index in [-0.39, 0.29) is 23.8 Å². The Balaban J connectivity index is 1.69. The second-order valence-electron chi connectivity index (χ2n) is 6.97. The number of aryl methyl sites for hydroxylation is 1. The van der Waals surface area contributed by atoms with Gasteiger partial charge in [-0.3, -0.25) is 14.3 Å². The second kappa shape index (κ2) is 7.71. The lowest BCUT2D eigenvalue weighted by molar-refractivity contribution is 0.0958. The number of aromatic nitrogens is 4. The van der Waals surface area contributed by atoms with Crippen molar-refractivity contribution >= 4 is 22.6 Å².